The van der Waals surface area contributed by atoms with Crippen molar-refractivity contribution in [1.29, 1.82) is 10.7 Å². The number of rotatable bonds is 0. The molecule has 2 aliphatic rings. The SMILES string of the molecule is N#CC1=NC2=CC(=N)CCC2=C1. The summed E-state index contributed by atoms with van der Waals surface area (Å²) in [7, 11) is 0. The van der Waals surface area contributed by atoms with Gasteiger partial charge in [-0.2, -0.15) is 5.26 Å². The van der Waals surface area contributed by atoms with Crippen molar-refractivity contribution in [1.82, 2.24) is 0 Å². The molecular weight excluding hydrogens is 150 g/mol. The minimum Gasteiger partial charge on any atom is -0.305 e. The maximum absolute atomic E-state index is 8.57. The van der Waals surface area contributed by atoms with Crippen LogP contribution in [0.2, 0.25) is 0 Å². The summed E-state index contributed by atoms with van der Waals surface area (Å²) in [5.74, 6) is 0. The lowest BCUT2D eigenvalue weighted by Crippen LogP contribution is -2.01. The first kappa shape index (κ1) is 6.99. The van der Waals surface area contributed by atoms with Gasteiger partial charge in [-0.15, -0.1) is 0 Å². The quantitative estimate of drug-likeness (QED) is 0.570. The molecule has 0 spiro atoms. The van der Waals surface area contributed by atoms with Gasteiger partial charge in [-0.25, -0.2) is 4.99 Å². The highest BCUT2D eigenvalue weighted by atomic mass is 14.8. The van der Waals surface area contributed by atoms with Gasteiger partial charge >= 0.3 is 0 Å². The van der Waals surface area contributed by atoms with E-state index in [4.69, 9.17) is 10.7 Å². The van der Waals surface area contributed by atoms with Crippen LogP contribution in [0.4, 0.5) is 0 Å². The first-order chi connectivity index (χ1) is 5.79. The molecule has 0 aromatic heterocycles. The number of hydrogen-bond donors (Lipinski definition) is 1. The molecular formula is C9H7N3. The molecule has 3 heteroatoms. The van der Waals surface area contributed by atoms with Crippen LogP contribution in [0.1, 0.15) is 12.8 Å². The fourth-order valence-corrected chi connectivity index (χ4v) is 1.36. The highest BCUT2D eigenvalue weighted by Crippen LogP contribution is 2.27. The van der Waals surface area contributed by atoms with Crippen LogP contribution in [0.5, 0.6) is 0 Å². The predicted octanol–water partition coefficient (Wildman–Crippen LogP) is 1.59. The van der Waals surface area contributed by atoms with Crippen LogP contribution >= 0.6 is 0 Å². The van der Waals surface area contributed by atoms with Gasteiger partial charge in [-0.1, -0.05) is 0 Å². The Morgan fingerprint density at radius 3 is 3.00 bits per heavy atom. The molecule has 1 N–H and O–H groups in total. The zero-order valence-corrected chi connectivity index (χ0v) is 6.46. The Kier molecular flexibility index (Phi) is 1.41. The third-order valence-electron chi connectivity index (χ3n) is 1.97. The van der Waals surface area contributed by atoms with E-state index in [1.807, 2.05) is 6.07 Å². The van der Waals surface area contributed by atoms with E-state index in [1.165, 1.54) is 0 Å². The Balaban J connectivity index is 2.44. The van der Waals surface area contributed by atoms with Gasteiger partial charge in [0.05, 0.1) is 5.70 Å². The van der Waals surface area contributed by atoms with E-state index in [0.717, 1.165) is 24.1 Å². The summed E-state index contributed by atoms with van der Waals surface area (Å²) >= 11 is 0. The van der Waals surface area contributed by atoms with E-state index in [2.05, 4.69) is 4.99 Å². The lowest BCUT2D eigenvalue weighted by molar-refractivity contribution is 0.994. The van der Waals surface area contributed by atoms with Crippen molar-refractivity contribution < 1.29 is 0 Å². The molecule has 0 atom stereocenters. The lowest BCUT2D eigenvalue weighted by atomic mass is 9.98. The van der Waals surface area contributed by atoms with Gasteiger partial charge in [0.15, 0.2) is 0 Å². The second kappa shape index (κ2) is 2.42. The Hall–Kier alpha value is -1.69. The third kappa shape index (κ3) is 0.978. The molecule has 0 bridgehead atoms. The van der Waals surface area contributed by atoms with Crippen molar-refractivity contribution in [2.45, 2.75) is 12.8 Å². The normalized spacial score (nSPS) is 20.6. The molecule has 0 aromatic carbocycles. The summed E-state index contributed by atoms with van der Waals surface area (Å²) in [6.07, 6.45) is 5.15. The van der Waals surface area contributed by atoms with Crippen LogP contribution in [0.15, 0.2) is 28.4 Å². The standard InChI is InChI=1S/C9H7N3/c10-5-8-3-6-1-2-7(11)4-9(6)12-8/h3-4,11H,1-2H2. The number of nitriles is 1. The maximum Gasteiger partial charge on any atom is 0.141 e. The summed E-state index contributed by atoms with van der Waals surface area (Å²) in [5, 5.41) is 16.0. The van der Waals surface area contributed by atoms with Crippen molar-refractivity contribution in [2.75, 3.05) is 0 Å². The summed E-state index contributed by atoms with van der Waals surface area (Å²) < 4.78 is 0. The molecule has 3 nitrogen and oxygen atoms in total. The van der Waals surface area contributed by atoms with Crippen LogP contribution in [0.3, 0.4) is 0 Å². The highest BCUT2D eigenvalue weighted by molar-refractivity contribution is 6.12. The first-order valence-corrected chi connectivity index (χ1v) is 3.78. The molecule has 1 heterocycles. The molecule has 1 aliphatic carbocycles. The summed E-state index contributed by atoms with van der Waals surface area (Å²) in [5.41, 5.74) is 2.97. The van der Waals surface area contributed by atoms with Gasteiger partial charge in [0, 0.05) is 5.71 Å². The van der Waals surface area contributed by atoms with Gasteiger partial charge in [-0.05, 0) is 30.6 Å². The Labute approximate surface area is 70.2 Å². The molecule has 0 fully saturated rings. The van der Waals surface area contributed by atoms with Gasteiger partial charge in [0.1, 0.15) is 11.8 Å². The zero-order chi connectivity index (χ0) is 8.55. The van der Waals surface area contributed by atoms with E-state index >= 15 is 0 Å². The topological polar surface area (TPSA) is 60.0 Å². The van der Waals surface area contributed by atoms with Crippen LogP contribution in [0, 0.1) is 16.7 Å². The smallest absolute Gasteiger partial charge is 0.141 e. The third-order valence-corrected chi connectivity index (χ3v) is 1.97. The molecule has 0 amide bonds. The minimum absolute atomic E-state index is 0.464. The van der Waals surface area contributed by atoms with E-state index in [-0.39, 0.29) is 0 Å². The van der Waals surface area contributed by atoms with Gasteiger partial charge in [0.25, 0.3) is 0 Å². The largest absolute Gasteiger partial charge is 0.305 e. The number of nitrogens with zero attached hydrogens (tertiary/aromatic N) is 2. The van der Waals surface area contributed by atoms with Gasteiger partial charge in [-0.3, -0.25) is 0 Å². The van der Waals surface area contributed by atoms with Crippen molar-refractivity contribution in [3.05, 3.63) is 23.4 Å². The number of allylic oxidation sites excluding steroid dienone is 3. The van der Waals surface area contributed by atoms with E-state index < -0.39 is 0 Å². The average molecular weight is 157 g/mol. The van der Waals surface area contributed by atoms with Crippen molar-refractivity contribution >= 4 is 11.4 Å². The fourth-order valence-electron chi connectivity index (χ4n) is 1.36. The lowest BCUT2D eigenvalue weighted by Gasteiger charge is -2.09. The number of nitrogens with one attached hydrogen (secondary N) is 1. The second-order valence-corrected chi connectivity index (χ2v) is 2.83. The zero-order valence-electron chi connectivity index (χ0n) is 6.46. The summed E-state index contributed by atoms with van der Waals surface area (Å²) in [4.78, 5) is 4.06. The fraction of sp³-hybridized carbons (Fsp3) is 0.222. The molecule has 58 valence electrons. The van der Waals surface area contributed by atoms with Crippen LogP contribution < -0.4 is 0 Å². The Bertz CT molecular complexity index is 377. The van der Waals surface area contributed by atoms with Crippen molar-refractivity contribution in [3.8, 4) is 6.07 Å². The molecule has 0 unspecified atom stereocenters. The summed E-state index contributed by atoms with van der Waals surface area (Å²) in [6.45, 7) is 0. The van der Waals surface area contributed by atoms with E-state index in [9.17, 15) is 0 Å². The predicted molar refractivity (Wildman–Crippen MR) is 46.2 cm³/mol. The minimum atomic E-state index is 0.464. The molecule has 0 aromatic rings. The van der Waals surface area contributed by atoms with Crippen LogP contribution in [0.25, 0.3) is 0 Å². The number of hydrogen-bond acceptors (Lipinski definition) is 3. The summed E-state index contributed by atoms with van der Waals surface area (Å²) in [6, 6.07) is 2.00. The van der Waals surface area contributed by atoms with E-state index in [1.54, 1.807) is 12.2 Å². The van der Waals surface area contributed by atoms with Crippen LogP contribution in [-0.4, -0.2) is 11.4 Å². The second-order valence-electron chi connectivity index (χ2n) is 2.83. The Morgan fingerprint density at radius 1 is 1.42 bits per heavy atom. The molecule has 1 aliphatic heterocycles. The van der Waals surface area contributed by atoms with E-state index in [0.29, 0.717) is 11.4 Å². The average Bonchev–Trinajstić information content (AvgIpc) is 2.46. The number of aliphatic imine (C=N–C) groups is 1. The molecule has 12 heavy (non-hydrogen) atoms. The maximum atomic E-state index is 8.57. The van der Waals surface area contributed by atoms with Crippen molar-refractivity contribution in [3.63, 3.8) is 0 Å². The molecule has 0 saturated carbocycles. The first-order valence-electron chi connectivity index (χ1n) is 3.78. The van der Waals surface area contributed by atoms with Gasteiger partial charge < -0.3 is 5.41 Å². The highest BCUT2D eigenvalue weighted by Gasteiger charge is 2.18. The van der Waals surface area contributed by atoms with Crippen LogP contribution in [-0.2, 0) is 0 Å². The molecule has 2 rings (SSSR count). The number of fused-ring (bicyclic) bond motifs is 1. The van der Waals surface area contributed by atoms with Crippen molar-refractivity contribution in [2.24, 2.45) is 4.99 Å². The monoisotopic (exact) mass is 157 g/mol. The molecule has 0 radical (unpaired) electrons. The molecule has 0 saturated heterocycles. The van der Waals surface area contributed by atoms with Gasteiger partial charge in [0.2, 0.25) is 0 Å². The Morgan fingerprint density at radius 2 is 2.25 bits per heavy atom.